The summed E-state index contributed by atoms with van der Waals surface area (Å²) in [7, 11) is 0. The van der Waals surface area contributed by atoms with Crippen molar-refractivity contribution in [2.45, 2.75) is 52.7 Å². The molecule has 0 aliphatic carbocycles. The number of ether oxygens (including phenoxy) is 1. The van der Waals surface area contributed by atoms with E-state index in [-0.39, 0.29) is 17.1 Å². The number of hydrogen-bond donors (Lipinski definition) is 1. The minimum absolute atomic E-state index is 0.0312. The van der Waals surface area contributed by atoms with Crippen molar-refractivity contribution in [3.05, 3.63) is 28.8 Å². The van der Waals surface area contributed by atoms with E-state index in [0.717, 1.165) is 11.1 Å². The zero-order valence-corrected chi connectivity index (χ0v) is 13.9. The van der Waals surface area contributed by atoms with Crippen molar-refractivity contribution in [2.24, 2.45) is 0 Å². The molecule has 2 rings (SSSR count). The zero-order valence-electron chi connectivity index (χ0n) is 13.9. The van der Waals surface area contributed by atoms with Gasteiger partial charge in [-0.1, -0.05) is 6.07 Å². The third kappa shape index (κ3) is 3.38. The van der Waals surface area contributed by atoms with E-state index in [1.807, 2.05) is 52.5 Å². The van der Waals surface area contributed by atoms with Gasteiger partial charge in [0, 0.05) is 24.3 Å². The molecule has 1 amide bonds. The number of morpholine rings is 1. The Morgan fingerprint density at radius 3 is 2.14 bits per heavy atom. The maximum atomic E-state index is 12.9. The number of anilines is 1. The Kier molecular flexibility index (Phi) is 3.79. The fourth-order valence-electron chi connectivity index (χ4n) is 3.20. The summed E-state index contributed by atoms with van der Waals surface area (Å²) in [5, 5.41) is 0. The summed E-state index contributed by atoms with van der Waals surface area (Å²) in [5.74, 6) is 0.0312. The van der Waals surface area contributed by atoms with Crippen LogP contribution in [0.1, 0.15) is 49.2 Å². The molecule has 0 radical (unpaired) electrons. The Labute approximate surface area is 127 Å². The molecule has 0 saturated carbocycles. The van der Waals surface area contributed by atoms with Gasteiger partial charge < -0.3 is 15.4 Å². The molecule has 0 spiro atoms. The lowest BCUT2D eigenvalue weighted by atomic mass is 9.96. The molecule has 1 aromatic rings. The Morgan fingerprint density at radius 2 is 1.62 bits per heavy atom. The average molecular weight is 290 g/mol. The summed E-state index contributed by atoms with van der Waals surface area (Å²) in [6.07, 6.45) is 0. The van der Waals surface area contributed by atoms with Crippen LogP contribution in [0.5, 0.6) is 0 Å². The molecule has 1 saturated heterocycles. The Balaban J connectivity index is 2.34. The summed E-state index contributed by atoms with van der Waals surface area (Å²) in [6, 6.07) is 3.77. The molecule has 116 valence electrons. The van der Waals surface area contributed by atoms with Crippen LogP contribution >= 0.6 is 0 Å². The monoisotopic (exact) mass is 290 g/mol. The van der Waals surface area contributed by atoms with Gasteiger partial charge in [-0.05, 0) is 58.7 Å². The maximum absolute atomic E-state index is 12.9. The van der Waals surface area contributed by atoms with Crippen LogP contribution in [0.25, 0.3) is 0 Å². The van der Waals surface area contributed by atoms with Gasteiger partial charge >= 0.3 is 0 Å². The van der Waals surface area contributed by atoms with Gasteiger partial charge in [0.2, 0.25) is 0 Å². The second-order valence-corrected chi connectivity index (χ2v) is 7.31. The molecule has 4 nitrogen and oxygen atoms in total. The van der Waals surface area contributed by atoms with Crippen LogP contribution in [0.15, 0.2) is 12.1 Å². The fraction of sp³-hybridized carbons (Fsp3) is 0.588. The Hall–Kier alpha value is -1.55. The first-order valence-electron chi connectivity index (χ1n) is 7.37. The SMILES string of the molecule is Cc1cc(C)c(C(=O)N2CC(C)(C)OC(C)(C)C2)cc1N. The number of aryl methyl sites for hydroxylation is 2. The highest BCUT2D eigenvalue weighted by atomic mass is 16.5. The normalized spacial score (nSPS) is 20.4. The molecule has 21 heavy (non-hydrogen) atoms. The van der Waals surface area contributed by atoms with E-state index in [2.05, 4.69) is 0 Å². The number of carbonyl (C=O) groups is 1. The molecule has 0 unspecified atom stereocenters. The van der Waals surface area contributed by atoms with Gasteiger partial charge in [0.15, 0.2) is 0 Å². The van der Waals surface area contributed by atoms with Crippen molar-refractivity contribution < 1.29 is 9.53 Å². The highest BCUT2D eigenvalue weighted by Gasteiger charge is 2.40. The van der Waals surface area contributed by atoms with Crippen LogP contribution < -0.4 is 5.73 Å². The van der Waals surface area contributed by atoms with Crippen molar-refractivity contribution in [1.29, 1.82) is 0 Å². The Morgan fingerprint density at radius 1 is 1.10 bits per heavy atom. The van der Waals surface area contributed by atoms with Gasteiger partial charge in [-0.15, -0.1) is 0 Å². The van der Waals surface area contributed by atoms with E-state index in [1.54, 1.807) is 6.07 Å². The van der Waals surface area contributed by atoms with Gasteiger partial charge in [-0.25, -0.2) is 0 Å². The van der Waals surface area contributed by atoms with E-state index in [0.29, 0.717) is 24.3 Å². The first kappa shape index (κ1) is 15.8. The highest BCUT2D eigenvalue weighted by Crippen LogP contribution is 2.30. The van der Waals surface area contributed by atoms with E-state index in [4.69, 9.17) is 10.5 Å². The summed E-state index contributed by atoms with van der Waals surface area (Å²) in [4.78, 5) is 14.8. The smallest absolute Gasteiger partial charge is 0.254 e. The number of nitrogen functional groups attached to an aromatic ring is 1. The van der Waals surface area contributed by atoms with Gasteiger partial charge in [0.25, 0.3) is 5.91 Å². The Bertz CT molecular complexity index is 560. The number of carbonyl (C=O) groups excluding carboxylic acids is 1. The van der Waals surface area contributed by atoms with E-state index < -0.39 is 0 Å². The molecule has 1 aromatic carbocycles. The molecule has 1 fully saturated rings. The largest absolute Gasteiger partial charge is 0.398 e. The number of amides is 1. The lowest BCUT2D eigenvalue weighted by Crippen LogP contribution is -2.58. The number of benzene rings is 1. The van der Waals surface area contributed by atoms with E-state index in [1.165, 1.54) is 0 Å². The fourth-order valence-corrected chi connectivity index (χ4v) is 3.20. The minimum Gasteiger partial charge on any atom is -0.398 e. The van der Waals surface area contributed by atoms with Crippen LogP contribution in [0, 0.1) is 13.8 Å². The number of nitrogens with zero attached hydrogens (tertiary/aromatic N) is 1. The molecule has 2 N–H and O–H groups in total. The first-order valence-corrected chi connectivity index (χ1v) is 7.37. The van der Waals surface area contributed by atoms with Gasteiger partial charge in [0.1, 0.15) is 0 Å². The van der Waals surface area contributed by atoms with E-state index in [9.17, 15) is 4.79 Å². The average Bonchev–Trinajstić information content (AvgIpc) is 2.29. The number of nitrogens with two attached hydrogens (primary N) is 1. The lowest BCUT2D eigenvalue weighted by Gasteiger charge is -2.47. The van der Waals surface area contributed by atoms with Crippen molar-refractivity contribution >= 4 is 11.6 Å². The van der Waals surface area contributed by atoms with Gasteiger partial charge in [-0.3, -0.25) is 4.79 Å². The molecule has 1 aliphatic heterocycles. The molecule has 4 heteroatoms. The first-order chi connectivity index (χ1) is 9.51. The second-order valence-electron chi connectivity index (χ2n) is 7.31. The molecule has 0 aromatic heterocycles. The molecular formula is C17H26N2O2. The maximum Gasteiger partial charge on any atom is 0.254 e. The van der Waals surface area contributed by atoms with Crippen LogP contribution in [0.2, 0.25) is 0 Å². The number of hydrogen-bond acceptors (Lipinski definition) is 3. The lowest BCUT2D eigenvalue weighted by molar-refractivity contribution is -0.171. The molecule has 1 aliphatic rings. The van der Waals surface area contributed by atoms with E-state index >= 15 is 0 Å². The summed E-state index contributed by atoms with van der Waals surface area (Å²) in [6.45, 7) is 13.2. The second kappa shape index (κ2) is 5.02. The van der Waals surface area contributed by atoms with Crippen LogP contribution in [-0.2, 0) is 4.74 Å². The molecule has 0 bridgehead atoms. The third-order valence-electron chi connectivity index (χ3n) is 3.83. The quantitative estimate of drug-likeness (QED) is 0.809. The summed E-state index contributed by atoms with van der Waals surface area (Å²) in [5.41, 5.74) is 8.60. The van der Waals surface area contributed by atoms with Gasteiger partial charge in [-0.2, -0.15) is 0 Å². The molecular weight excluding hydrogens is 264 g/mol. The highest BCUT2D eigenvalue weighted by molar-refractivity contribution is 5.97. The van der Waals surface area contributed by atoms with Crippen molar-refractivity contribution in [2.75, 3.05) is 18.8 Å². The zero-order chi connectivity index (χ0) is 16.0. The minimum atomic E-state index is -0.346. The predicted molar refractivity (Wildman–Crippen MR) is 85.5 cm³/mol. The predicted octanol–water partition coefficient (Wildman–Crippen LogP) is 2.92. The molecule has 1 heterocycles. The van der Waals surface area contributed by atoms with Crippen LogP contribution in [-0.4, -0.2) is 35.1 Å². The van der Waals surface area contributed by atoms with Crippen molar-refractivity contribution in [1.82, 2.24) is 4.90 Å². The van der Waals surface area contributed by atoms with Crippen molar-refractivity contribution in [3.8, 4) is 0 Å². The topological polar surface area (TPSA) is 55.6 Å². The summed E-state index contributed by atoms with van der Waals surface area (Å²) < 4.78 is 6.03. The van der Waals surface area contributed by atoms with Crippen LogP contribution in [0.4, 0.5) is 5.69 Å². The molecule has 0 atom stereocenters. The van der Waals surface area contributed by atoms with Gasteiger partial charge in [0.05, 0.1) is 11.2 Å². The van der Waals surface area contributed by atoms with Crippen LogP contribution in [0.3, 0.4) is 0 Å². The summed E-state index contributed by atoms with van der Waals surface area (Å²) >= 11 is 0. The standard InChI is InChI=1S/C17H26N2O2/c1-11-7-12(2)14(18)8-13(11)15(20)19-9-16(3,4)21-17(5,6)10-19/h7-8H,9-10,18H2,1-6H3. The number of rotatable bonds is 1. The van der Waals surface area contributed by atoms with Crippen molar-refractivity contribution in [3.63, 3.8) is 0 Å². The third-order valence-corrected chi connectivity index (χ3v) is 3.83.